The first kappa shape index (κ1) is 15.1. The van der Waals surface area contributed by atoms with E-state index in [-0.39, 0.29) is 0 Å². The van der Waals surface area contributed by atoms with Crippen molar-refractivity contribution in [2.75, 3.05) is 7.11 Å². The van der Waals surface area contributed by atoms with Crippen molar-refractivity contribution in [1.29, 1.82) is 0 Å². The molecule has 0 fully saturated rings. The molecule has 2 heteroatoms. The standard InChI is InChI=1S/C20H25NO/c1-14-12-20(22-3)15(2)11-17(14)13-21-19-10-6-8-16-7-4-5-9-18(16)19/h4-5,7,9,11-12,19,21H,6,8,10,13H2,1-3H3/t19-/m1/s1. The van der Waals surface area contributed by atoms with E-state index in [1.165, 1.54) is 47.1 Å². The zero-order chi connectivity index (χ0) is 15.5. The molecule has 0 unspecified atom stereocenters. The van der Waals surface area contributed by atoms with Gasteiger partial charge in [0.05, 0.1) is 7.11 Å². The highest BCUT2D eigenvalue weighted by Crippen LogP contribution is 2.30. The van der Waals surface area contributed by atoms with E-state index in [0.717, 1.165) is 12.3 Å². The predicted molar refractivity (Wildman–Crippen MR) is 91.4 cm³/mol. The Bertz CT molecular complexity index is 663. The molecule has 0 bridgehead atoms. The molecule has 22 heavy (non-hydrogen) atoms. The first-order valence-electron chi connectivity index (χ1n) is 8.14. The zero-order valence-corrected chi connectivity index (χ0v) is 13.8. The lowest BCUT2D eigenvalue weighted by atomic mass is 9.87. The van der Waals surface area contributed by atoms with Crippen molar-refractivity contribution in [3.63, 3.8) is 0 Å². The maximum atomic E-state index is 5.40. The van der Waals surface area contributed by atoms with Crippen LogP contribution in [-0.2, 0) is 13.0 Å². The van der Waals surface area contributed by atoms with Gasteiger partial charge in [0.2, 0.25) is 0 Å². The number of benzene rings is 2. The molecule has 0 aromatic heterocycles. The third-order valence-corrected chi connectivity index (χ3v) is 4.76. The van der Waals surface area contributed by atoms with Gasteiger partial charge in [-0.25, -0.2) is 0 Å². The summed E-state index contributed by atoms with van der Waals surface area (Å²) in [6, 6.07) is 13.7. The third-order valence-electron chi connectivity index (χ3n) is 4.76. The molecule has 1 aliphatic rings. The molecule has 0 heterocycles. The summed E-state index contributed by atoms with van der Waals surface area (Å²) < 4.78 is 5.40. The molecule has 2 aromatic rings. The van der Waals surface area contributed by atoms with Crippen LogP contribution in [0, 0.1) is 13.8 Å². The molecule has 1 atom stereocenters. The number of hydrogen-bond donors (Lipinski definition) is 1. The van der Waals surface area contributed by atoms with Crippen LogP contribution in [0.1, 0.15) is 46.7 Å². The topological polar surface area (TPSA) is 21.3 Å². The number of rotatable bonds is 4. The highest BCUT2D eigenvalue weighted by molar-refractivity contribution is 5.41. The third kappa shape index (κ3) is 3.02. The van der Waals surface area contributed by atoms with E-state index in [9.17, 15) is 0 Å². The Labute approximate surface area is 133 Å². The van der Waals surface area contributed by atoms with E-state index in [1.54, 1.807) is 7.11 Å². The van der Waals surface area contributed by atoms with Crippen LogP contribution in [0.2, 0.25) is 0 Å². The molecule has 0 spiro atoms. The summed E-state index contributed by atoms with van der Waals surface area (Å²) in [7, 11) is 1.73. The van der Waals surface area contributed by atoms with Crippen molar-refractivity contribution in [2.45, 2.75) is 45.7 Å². The molecule has 0 radical (unpaired) electrons. The summed E-state index contributed by atoms with van der Waals surface area (Å²) in [6.07, 6.45) is 3.72. The smallest absolute Gasteiger partial charge is 0.122 e. The van der Waals surface area contributed by atoms with E-state index in [1.807, 2.05) is 0 Å². The van der Waals surface area contributed by atoms with Gasteiger partial charge in [0, 0.05) is 12.6 Å². The van der Waals surface area contributed by atoms with Crippen LogP contribution in [0.5, 0.6) is 5.75 Å². The van der Waals surface area contributed by atoms with Crippen molar-refractivity contribution in [1.82, 2.24) is 5.32 Å². The van der Waals surface area contributed by atoms with E-state index in [4.69, 9.17) is 4.74 Å². The van der Waals surface area contributed by atoms with Crippen molar-refractivity contribution in [3.05, 3.63) is 64.2 Å². The van der Waals surface area contributed by atoms with E-state index in [0.29, 0.717) is 6.04 Å². The van der Waals surface area contributed by atoms with E-state index in [2.05, 4.69) is 55.6 Å². The Morgan fingerprint density at radius 3 is 2.77 bits per heavy atom. The Hall–Kier alpha value is -1.80. The molecule has 0 aliphatic heterocycles. The highest BCUT2D eigenvalue weighted by Gasteiger charge is 2.19. The Kier molecular flexibility index (Phi) is 4.49. The van der Waals surface area contributed by atoms with E-state index < -0.39 is 0 Å². The summed E-state index contributed by atoms with van der Waals surface area (Å²) in [5.74, 6) is 0.976. The molecule has 0 amide bonds. The van der Waals surface area contributed by atoms with Gasteiger partial charge >= 0.3 is 0 Å². The van der Waals surface area contributed by atoms with E-state index >= 15 is 0 Å². The Morgan fingerprint density at radius 1 is 1.14 bits per heavy atom. The monoisotopic (exact) mass is 295 g/mol. The minimum atomic E-state index is 0.478. The minimum absolute atomic E-state index is 0.478. The van der Waals surface area contributed by atoms with Crippen LogP contribution in [0.3, 0.4) is 0 Å². The maximum Gasteiger partial charge on any atom is 0.122 e. The van der Waals surface area contributed by atoms with Gasteiger partial charge in [0.15, 0.2) is 0 Å². The molecule has 0 saturated carbocycles. The Morgan fingerprint density at radius 2 is 1.95 bits per heavy atom. The van der Waals surface area contributed by atoms with Gasteiger partial charge in [-0.1, -0.05) is 30.3 Å². The molecule has 2 aromatic carbocycles. The lowest BCUT2D eigenvalue weighted by molar-refractivity contribution is 0.410. The molecule has 116 valence electrons. The van der Waals surface area contributed by atoms with Crippen LogP contribution in [0.15, 0.2) is 36.4 Å². The Balaban J connectivity index is 1.75. The number of methoxy groups -OCH3 is 1. The fourth-order valence-electron chi connectivity index (χ4n) is 3.46. The van der Waals surface area contributed by atoms with Crippen LogP contribution in [-0.4, -0.2) is 7.11 Å². The second-order valence-corrected chi connectivity index (χ2v) is 6.27. The van der Waals surface area contributed by atoms with Crippen molar-refractivity contribution < 1.29 is 4.74 Å². The highest BCUT2D eigenvalue weighted by atomic mass is 16.5. The summed E-state index contributed by atoms with van der Waals surface area (Å²) in [6.45, 7) is 5.18. The van der Waals surface area contributed by atoms with Crippen molar-refractivity contribution >= 4 is 0 Å². The van der Waals surface area contributed by atoms with Gasteiger partial charge in [-0.2, -0.15) is 0 Å². The molecular formula is C20H25NO. The van der Waals surface area contributed by atoms with Crippen molar-refractivity contribution in [2.24, 2.45) is 0 Å². The number of ether oxygens (including phenoxy) is 1. The predicted octanol–water partition coefficient (Wildman–Crippen LogP) is 4.48. The first-order valence-corrected chi connectivity index (χ1v) is 8.14. The second kappa shape index (κ2) is 6.53. The zero-order valence-electron chi connectivity index (χ0n) is 13.8. The SMILES string of the molecule is COc1cc(C)c(CN[C@@H]2CCCc3ccccc32)cc1C. The maximum absolute atomic E-state index is 5.40. The van der Waals surface area contributed by atoms with Crippen LogP contribution in [0.4, 0.5) is 0 Å². The lowest BCUT2D eigenvalue weighted by Crippen LogP contribution is -2.25. The van der Waals surface area contributed by atoms with Crippen molar-refractivity contribution in [3.8, 4) is 5.75 Å². The molecule has 2 nitrogen and oxygen atoms in total. The largest absolute Gasteiger partial charge is 0.496 e. The molecule has 0 saturated heterocycles. The molecular weight excluding hydrogens is 270 g/mol. The minimum Gasteiger partial charge on any atom is -0.496 e. The van der Waals surface area contributed by atoms with Gasteiger partial charge < -0.3 is 10.1 Å². The lowest BCUT2D eigenvalue weighted by Gasteiger charge is -2.27. The molecule has 3 rings (SSSR count). The van der Waals surface area contributed by atoms with Gasteiger partial charge in [-0.15, -0.1) is 0 Å². The van der Waals surface area contributed by atoms with Crippen LogP contribution in [0.25, 0.3) is 0 Å². The first-order chi connectivity index (χ1) is 10.7. The van der Waals surface area contributed by atoms with Gasteiger partial charge in [0.25, 0.3) is 0 Å². The average Bonchev–Trinajstić information content (AvgIpc) is 2.55. The van der Waals surface area contributed by atoms with Crippen LogP contribution < -0.4 is 10.1 Å². The summed E-state index contributed by atoms with van der Waals surface area (Å²) in [5, 5.41) is 3.76. The average molecular weight is 295 g/mol. The fraction of sp³-hybridized carbons (Fsp3) is 0.400. The number of nitrogens with one attached hydrogen (secondary N) is 1. The van der Waals surface area contributed by atoms with Gasteiger partial charge in [-0.3, -0.25) is 0 Å². The van der Waals surface area contributed by atoms with Gasteiger partial charge in [0.1, 0.15) is 5.75 Å². The van der Waals surface area contributed by atoms with Crippen LogP contribution >= 0.6 is 0 Å². The second-order valence-electron chi connectivity index (χ2n) is 6.27. The molecule has 1 aliphatic carbocycles. The number of fused-ring (bicyclic) bond motifs is 1. The quantitative estimate of drug-likeness (QED) is 0.898. The number of hydrogen-bond acceptors (Lipinski definition) is 2. The summed E-state index contributed by atoms with van der Waals surface area (Å²) in [4.78, 5) is 0. The molecule has 1 N–H and O–H groups in total. The summed E-state index contributed by atoms with van der Waals surface area (Å²) >= 11 is 0. The van der Waals surface area contributed by atoms with Gasteiger partial charge in [-0.05, 0) is 67.0 Å². The fourth-order valence-corrected chi connectivity index (χ4v) is 3.46. The normalized spacial score (nSPS) is 17.1. The summed E-state index contributed by atoms with van der Waals surface area (Å²) in [5.41, 5.74) is 6.85. The number of aryl methyl sites for hydroxylation is 3.